The van der Waals surface area contributed by atoms with E-state index in [1.807, 2.05) is 41.8 Å². The standard InChI is InChI=1S/C22H23ClN4O3S/c1-4-27-20(15-8-6-5-7-9-15)25-26-22(27)31-13-19(28)24-18-12-16(10-11-17(18)23)21(29)30-14(2)3/h5-12,14H,4,13H2,1-3H3,(H,24,28). The maximum atomic E-state index is 12.5. The van der Waals surface area contributed by atoms with Crippen molar-refractivity contribution >= 4 is 40.9 Å². The van der Waals surface area contributed by atoms with Crippen LogP contribution in [-0.2, 0) is 16.1 Å². The second kappa shape index (κ2) is 10.5. The molecule has 0 atom stereocenters. The summed E-state index contributed by atoms with van der Waals surface area (Å²) in [7, 11) is 0. The normalized spacial score (nSPS) is 10.9. The largest absolute Gasteiger partial charge is 0.459 e. The summed E-state index contributed by atoms with van der Waals surface area (Å²) in [4.78, 5) is 24.6. The lowest BCUT2D eigenvalue weighted by molar-refractivity contribution is -0.113. The zero-order chi connectivity index (χ0) is 22.4. The third-order valence-electron chi connectivity index (χ3n) is 4.22. The van der Waals surface area contributed by atoms with E-state index in [9.17, 15) is 9.59 Å². The molecule has 0 spiro atoms. The van der Waals surface area contributed by atoms with Gasteiger partial charge in [0.15, 0.2) is 11.0 Å². The molecule has 0 bridgehead atoms. The minimum atomic E-state index is -0.471. The number of benzene rings is 2. The minimum Gasteiger partial charge on any atom is -0.459 e. The second-order valence-corrected chi connectivity index (χ2v) is 8.25. The highest BCUT2D eigenvalue weighted by Gasteiger charge is 2.16. The number of hydrogen-bond donors (Lipinski definition) is 1. The van der Waals surface area contributed by atoms with Gasteiger partial charge < -0.3 is 14.6 Å². The van der Waals surface area contributed by atoms with E-state index < -0.39 is 5.97 Å². The molecule has 1 N–H and O–H groups in total. The van der Waals surface area contributed by atoms with Gasteiger partial charge >= 0.3 is 5.97 Å². The molecule has 0 aliphatic carbocycles. The first kappa shape index (κ1) is 22.8. The van der Waals surface area contributed by atoms with Gasteiger partial charge in [-0.25, -0.2) is 4.79 Å². The summed E-state index contributed by atoms with van der Waals surface area (Å²) in [6, 6.07) is 14.4. The Morgan fingerprint density at radius 3 is 2.58 bits per heavy atom. The molecular weight excluding hydrogens is 436 g/mol. The van der Waals surface area contributed by atoms with E-state index in [-0.39, 0.29) is 17.8 Å². The lowest BCUT2D eigenvalue weighted by Gasteiger charge is -2.11. The van der Waals surface area contributed by atoms with Crippen molar-refractivity contribution in [2.45, 2.75) is 38.6 Å². The van der Waals surface area contributed by atoms with Gasteiger partial charge in [0.2, 0.25) is 5.91 Å². The number of carbonyl (C=O) groups excluding carboxylic acids is 2. The molecule has 162 valence electrons. The fourth-order valence-electron chi connectivity index (χ4n) is 2.83. The molecule has 7 nitrogen and oxygen atoms in total. The molecule has 0 aliphatic rings. The molecule has 3 aromatic rings. The van der Waals surface area contributed by atoms with Gasteiger partial charge in [0.1, 0.15) is 0 Å². The van der Waals surface area contributed by atoms with Crippen molar-refractivity contribution in [3.8, 4) is 11.4 Å². The fourth-order valence-corrected chi connectivity index (χ4v) is 3.79. The summed E-state index contributed by atoms with van der Waals surface area (Å²) >= 11 is 7.47. The molecule has 9 heteroatoms. The van der Waals surface area contributed by atoms with E-state index in [1.165, 1.54) is 17.8 Å². The summed E-state index contributed by atoms with van der Waals surface area (Å²) in [5, 5.41) is 12.2. The van der Waals surface area contributed by atoms with Gasteiger partial charge in [-0.05, 0) is 39.0 Å². The number of nitrogens with zero attached hydrogens (tertiary/aromatic N) is 3. The van der Waals surface area contributed by atoms with E-state index in [0.717, 1.165) is 11.4 Å². The zero-order valence-corrected chi connectivity index (χ0v) is 19.0. The van der Waals surface area contributed by atoms with E-state index in [4.69, 9.17) is 16.3 Å². The smallest absolute Gasteiger partial charge is 0.338 e. The first-order chi connectivity index (χ1) is 14.9. The molecule has 0 saturated heterocycles. The van der Waals surface area contributed by atoms with Gasteiger partial charge in [-0.1, -0.05) is 53.7 Å². The number of nitrogens with one attached hydrogen (secondary N) is 1. The van der Waals surface area contributed by atoms with Crippen molar-refractivity contribution in [3.05, 3.63) is 59.1 Å². The van der Waals surface area contributed by atoms with Crippen LogP contribution in [0.3, 0.4) is 0 Å². The number of halogens is 1. The number of esters is 1. The molecule has 0 fully saturated rings. The summed E-state index contributed by atoms with van der Waals surface area (Å²) in [6.07, 6.45) is -0.241. The van der Waals surface area contributed by atoms with Crippen LogP contribution in [0.2, 0.25) is 5.02 Å². The van der Waals surface area contributed by atoms with Gasteiger partial charge in [0, 0.05) is 12.1 Å². The van der Waals surface area contributed by atoms with E-state index >= 15 is 0 Å². The maximum Gasteiger partial charge on any atom is 0.338 e. The van der Waals surface area contributed by atoms with Crippen molar-refractivity contribution in [2.75, 3.05) is 11.1 Å². The second-order valence-electron chi connectivity index (χ2n) is 6.90. The first-order valence-electron chi connectivity index (χ1n) is 9.80. The Kier molecular flexibility index (Phi) is 7.70. The topological polar surface area (TPSA) is 86.1 Å². The molecule has 1 heterocycles. The first-order valence-corrected chi connectivity index (χ1v) is 11.2. The van der Waals surface area contributed by atoms with Gasteiger partial charge in [-0.15, -0.1) is 10.2 Å². The molecule has 2 aromatic carbocycles. The number of carbonyl (C=O) groups is 2. The molecule has 1 amide bonds. The Labute approximate surface area is 190 Å². The number of rotatable bonds is 8. The van der Waals surface area contributed by atoms with Gasteiger partial charge in [0.05, 0.1) is 28.1 Å². The van der Waals surface area contributed by atoms with Crippen LogP contribution in [0.1, 0.15) is 31.1 Å². The monoisotopic (exact) mass is 458 g/mol. The highest BCUT2D eigenvalue weighted by atomic mass is 35.5. The Hall–Kier alpha value is -2.84. The summed E-state index contributed by atoms with van der Waals surface area (Å²) < 4.78 is 7.15. The van der Waals surface area contributed by atoms with Crippen molar-refractivity contribution in [2.24, 2.45) is 0 Å². The minimum absolute atomic E-state index is 0.115. The lowest BCUT2D eigenvalue weighted by Crippen LogP contribution is -2.16. The van der Waals surface area contributed by atoms with Crippen LogP contribution in [0.5, 0.6) is 0 Å². The third-order valence-corrected chi connectivity index (χ3v) is 5.51. The number of amides is 1. The van der Waals surface area contributed by atoms with Gasteiger partial charge in [0.25, 0.3) is 0 Å². The molecular formula is C22H23ClN4O3S. The fraction of sp³-hybridized carbons (Fsp3) is 0.273. The number of thioether (sulfide) groups is 1. The molecule has 0 unspecified atom stereocenters. The van der Waals surface area contributed by atoms with Crippen LogP contribution in [0, 0.1) is 0 Å². The van der Waals surface area contributed by atoms with E-state index in [0.29, 0.717) is 28.0 Å². The van der Waals surface area contributed by atoms with Crippen LogP contribution in [-0.4, -0.2) is 38.5 Å². The SMILES string of the molecule is CCn1c(SCC(=O)Nc2cc(C(=O)OC(C)C)ccc2Cl)nnc1-c1ccccc1. The zero-order valence-electron chi connectivity index (χ0n) is 17.5. The number of aromatic nitrogens is 3. The number of ether oxygens (including phenoxy) is 1. The van der Waals surface area contributed by atoms with Crippen LogP contribution in [0.4, 0.5) is 5.69 Å². The van der Waals surface area contributed by atoms with E-state index in [1.54, 1.807) is 26.0 Å². The Morgan fingerprint density at radius 1 is 1.16 bits per heavy atom. The van der Waals surface area contributed by atoms with Crippen molar-refractivity contribution in [1.29, 1.82) is 0 Å². The third kappa shape index (κ3) is 5.86. The molecule has 1 aromatic heterocycles. The van der Waals surface area contributed by atoms with Crippen molar-refractivity contribution in [3.63, 3.8) is 0 Å². The van der Waals surface area contributed by atoms with E-state index in [2.05, 4.69) is 15.5 Å². The molecule has 3 rings (SSSR count). The van der Waals surface area contributed by atoms with Gasteiger partial charge in [-0.2, -0.15) is 0 Å². The number of anilines is 1. The molecule has 0 radical (unpaired) electrons. The summed E-state index contributed by atoms with van der Waals surface area (Å²) in [5.41, 5.74) is 1.64. The molecule has 0 saturated carbocycles. The lowest BCUT2D eigenvalue weighted by atomic mass is 10.2. The molecule has 0 aliphatic heterocycles. The predicted octanol–water partition coefficient (Wildman–Crippen LogP) is 4.91. The maximum absolute atomic E-state index is 12.5. The van der Waals surface area contributed by atoms with Crippen molar-refractivity contribution in [1.82, 2.24) is 14.8 Å². The average molecular weight is 459 g/mol. The van der Waals surface area contributed by atoms with Crippen LogP contribution in [0.15, 0.2) is 53.7 Å². The Morgan fingerprint density at radius 2 is 1.90 bits per heavy atom. The van der Waals surface area contributed by atoms with Crippen molar-refractivity contribution < 1.29 is 14.3 Å². The Balaban J connectivity index is 1.67. The highest BCUT2D eigenvalue weighted by Crippen LogP contribution is 2.26. The highest BCUT2D eigenvalue weighted by molar-refractivity contribution is 7.99. The summed E-state index contributed by atoms with van der Waals surface area (Å²) in [5.74, 6) is 0.129. The average Bonchev–Trinajstić information content (AvgIpc) is 3.17. The van der Waals surface area contributed by atoms with Crippen LogP contribution in [0.25, 0.3) is 11.4 Å². The quantitative estimate of drug-likeness (QED) is 0.381. The predicted molar refractivity (Wildman–Crippen MR) is 122 cm³/mol. The molecule has 31 heavy (non-hydrogen) atoms. The van der Waals surface area contributed by atoms with Crippen LogP contribution >= 0.6 is 23.4 Å². The summed E-state index contributed by atoms with van der Waals surface area (Å²) in [6.45, 7) is 6.21. The van der Waals surface area contributed by atoms with Gasteiger partial charge in [-0.3, -0.25) is 4.79 Å². The van der Waals surface area contributed by atoms with Crippen LogP contribution < -0.4 is 5.32 Å². The number of hydrogen-bond acceptors (Lipinski definition) is 6. The Bertz CT molecular complexity index is 1070.